The topological polar surface area (TPSA) is 115 Å². The van der Waals surface area contributed by atoms with E-state index in [0.717, 1.165) is 6.07 Å². The molecule has 0 saturated heterocycles. The fourth-order valence-corrected chi connectivity index (χ4v) is 3.98. The Balaban J connectivity index is 2.09. The monoisotopic (exact) mass is 315 g/mol. The molecule has 0 atom stereocenters. The lowest BCUT2D eigenvalue weighted by molar-refractivity contribution is -0.122. The SMILES string of the molecule is NC(=O)C1CCC(NS(=O)(=O)c2cccc(F)c2N)CC1. The molecule has 2 rings (SSSR count). The molecule has 0 heterocycles. The summed E-state index contributed by atoms with van der Waals surface area (Å²) in [6, 6.07) is 3.36. The highest BCUT2D eigenvalue weighted by atomic mass is 32.2. The molecule has 1 aromatic carbocycles. The minimum absolute atomic E-state index is 0.204. The maximum Gasteiger partial charge on any atom is 0.242 e. The van der Waals surface area contributed by atoms with Gasteiger partial charge in [-0.1, -0.05) is 6.07 Å². The number of amides is 1. The molecule has 116 valence electrons. The van der Waals surface area contributed by atoms with E-state index in [0.29, 0.717) is 25.7 Å². The van der Waals surface area contributed by atoms with Crippen LogP contribution < -0.4 is 16.2 Å². The molecule has 1 aromatic rings. The molecule has 0 aliphatic heterocycles. The van der Waals surface area contributed by atoms with Gasteiger partial charge in [0.25, 0.3) is 0 Å². The normalized spacial score (nSPS) is 22.9. The van der Waals surface area contributed by atoms with E-state index in [1.54, 1.807) is 0 Å². The van der Waals surface area contributed by atoms with Gasteiger partial charge in [-0.05, 0) is 37.8 Å². The van der Waals surface area contributed by atoms with E-state index in [1.165, 1.54) is 12.1 Å². The Bertz CT molecular complexity index is 640. The van der Waals surface area contributed by atoms with Crippen molar-refractivity contribution >= 4 is 21.6 Å². The van der Waals surface area contributed by atoms with Crippen LogP contribution in [-0.2, 0) is 14.8 Å². The van der Waals surface area contributed by atoms with Gasteiger partial charge in [-0.3, -0.25) is 4.79 Å². The number of carbonyl (C=O) groups excluding carboxylic acids is 1. The van der Waals surface area contributed by atoms with Gasteiger partial charge in [0.15, 0.2) is 0 Å². The van der Waals surface area contributed by atoms with Crippen LogP contribution in [0.2, 0.25) is 0 Å². The predicted molar refractivity (Wildman–Crippen MR) is 76.1 cm³/mol. The fraction of sp³-hybridized carbons (Fsp3) is 0.462. The van der Waals surface area contributed by atoms with Gasteiger partial charge >= 0.3 is 0 Å². The average molecular weight is 315 g/mol. The summed E-state index contributed by atoms with van der Waals surface area (Å²) >= 11 is 0. The first-order chi connectivity index (χ1) is 9.81. The minimum atomic E-state index is -3.88. The zero-order valence-electron chi connectivity index (χ0n) is 11.4. The maximum atomic E-state index is 13.4. The van der Waals surface area contributed by atoms with Crippen molar-refractivity contribution in [1.29, 1.82) is 0 Å². The van der Waals surface area contributed by atoms with E-state index in [1.807, 2.05) is 0 Å². The zero-order chi connectivity index (χ0) is 15.6. The molecule has 21 heavy (non-hydrogen) atoms. The molecule has 1 fully saturated rings. The number of nitrogens with two attached hydrogens (primary N) is 2. The van der Waals surface area contributed by atoms with Crippen molar-refractivity contribution in [1.82, 2.24) is 4.72 Å². The highest BCUT2D eigenvalue weighted by molar-refractivity contribution is 7.89. The van der Waals surface area contributed by atoms with Gasteiger partial charge in [-0.25, -0.2) is 17.5 Å². The van der Waals surface area contributed by atoms with Crippen LogP contribution in [0.3, 0.4) is 0 Å². The highest BCUT2D eigenvalue weighted by Crippen LogP contribution is 2.26. The molecule has 0 radical (unpaired) electrons. The largest absolute Gasteiger partial charge is 0.395 e. The summed E-state index contributed by atoms with van der Waals surface area (Å²) in [6.07, 6.45) is 2.12. The summed E-state index contributed by atoms with van der Waals surface area (Å²) in [6.45, 7) is 0. The Hall–Kier alpha value is -1.67. The number of para-hydroxylation sites is 1. The molecule has 5 N–H and O–H groups in total. The molecular weight excluding hydrogens is 297 g/mol. The van der Waals surface area contributed by atoms with Crippen molar-refractivity contribution in [2.45, 2.75) is 36.6 Å². The molecule has 0 bridgehead atoms. The van der Waals surface area contributed by atoms with Crippen molar-refractivity contribution in [2.24, 2.45) is 11.7 Å². The number of anilines is 1. The summed E-state index contributed by atoms with van der Waals surface area (Å²) in [4.78, 5) is 10.8. The molecule has 1 aliphatic carbocycles. The zero-order valence-corrected chi connectivity index (χ0v) is 12.2. The van der Waals surface area contributed by atoms with Crippen molar-refractivity contribution in [3.8, 4) is 0 Å². The van der Waals surface area contributed by atoms with Gasteiger partial charge < -0.3 is 11.5 Å². The first-order valence-corrected chi connectivity index (χ1v) is 8.15. The number of sulfonamides is 1. The fourth-order valence-electron chi connectivity index (χ4n) is 2.53. The van der Waals surface area contributed by atoms with Crippen LogP contribution in [0.1, 0.15) is 25.7 Å². The number of hydrogen-bond acceptors (Lipinski definition) is 4. The van der Waals surface area contributed by atoms with Gasteiger partial charge in [0.05, 0.1) is 5.69 Å². The Morgan fingerprint density at radius 3 is 2.43 bits per heavy atom. The lowest BCUT2D eigenvalue weighted by atomic mass is 9.86. The number of hydrogen-bond donors (Lipinski definition) is 3. The summed E-state index contributed by atoms with van der Waals surface area (Å²) in [7, 11) is -3.88. The number of carbonyl (C=O) groups is 1. The first-order valence-electron chi connectivity index (χ1n) is 6.67. The van der Waals surface area contributed by atoms with Crippen LogP contribution in [0, 0.1) is 11.7 Å². The predicted octanol–water partition coefficient (Wildman–Crippen LogP) is 0.730. The van der Waals surface area contributed by atoms with Crippen LogP contribution in [-0.4, -0.2) is 20.4 Å². The third kappa shape index (κ3) is 3.51. The minimum Gasteiger partial charge on any atom is -0.395 e. The highest BCUT2D eigenvalue weighted by Gasteiger charge is 2.29. The third-order valence-corrected chi connectivity index (χ3v) is 5.33. The molecular formula is C13H18FN3O3S. The number of nitrogen functional groups attached to an aromatic ring is 1. The van der Waals surface area contributed by atoms with Gasteiger partial charge in [0.1, 0.15) is 10.7 Å². The van der Waals surface area contributed by atoms with Crippen molar-refractivity contribution in [3.63, 3.8) is 0 Å². The van der Waals surface area contributed by atoms with E-state index in [-0.39, 0.29) is 22.8 Å². The Labute approximate surface area is 122 Å². The number of halogens is 1. The molecule has 0 unspecified atom stereocenters. The van der Waals surface area contributed by atoms with Gasteiger partial charge in [0.2, 0.25) is 15.9 Å². The molecule has 1 saturated carbocycles. The second kappa shape index (κ2) is 5.98. The van der Waals surface area contributed by atoms with Crippen LogP contribution in [0.5, 0.6) is 0 Å². The van der Waals surface area contributed by atoms with E-state index in [4.69, 9.17) is 11.5 Å². The van der Waals surface area contributed by atoms with Crippen molar-refractivity contribution < 1.29 is 17.6 Å². The van der Waals surface area contributed by atoms with Gasteiger partial charge in [-0.2, -0.15) is 0 Å². The number of nitrogens with one attached hydrogen (secondary N) is 1. The Morgan fingerprint density at radius 2 is 1.86 bits per heavy atom. The lowest BCUT2D eigenvalue weighted by Crippen LogP contribution is -2.39. The van der Waals surface area contributed by atoms with Crippen LogP contribution in [0.25, 0.3) is 0 Å². The number of rotatable bonds is 4. The lowest BCUT2D eigenvalue weighted by Gasteiger charge is -2.27. The summed E-state index contributed by atoms with van der Waals surface area (Å²) in [5, 5.41) is 0. The smallest absolute Gasteiger partial charge is 0.242 e. The molecule has 0 spiro atoms. The van der Waals surface area contributed by atoms with E-state index < -0.39 is 21.5 Å². The Morgan fingerprint density at radius 1 is 1.24 bits per heavy atom. The van der Waals surface area contributed by atoms with Crippen LogP contribution in [0.15, 0.2) is 23.1 Å². The third-order valence-electron chi connectivity index (χ3n) is 3.75. The summed E-state index contributed by atoms with van der Waals surface area (Å²) < 4.78 is 40.4. The van der Waals surface area contributed by atoms with E-state index >= 15 is 0 Å². The molecule has 8 heteroatoms. The maximum absolute atomic E-state index is 13.4. The standard InChI is InChI=1S/C13H18FN3O3S/c14-10-2-1-3-11(12(10)15)21(19,20)17-9-6-4-8(5-7-9)13(16)18/h1-3,8-9,17H,4-7,15H2,(H2,16,18). The molecule has 6 nitrogen and oxygen atoms in total. The second-order valence-corrected chi connectivity index (χ2v) is 6.91. The van der Waals surface area contributed by atoms with Crippen molar-refractivity contribution in [2.75, 3.05) is 5.73 Å². The second-order valence-electron chi connectivity index (χ2n) is 5.22. The van der Waals surface area contributed by atoms with Crippen molar-refractivity contribution in [3.05, 3.63) is 24.0 Å². The molecule has 1 amide bonds. The van der Waals surface area contributed by atoms with Crippen LogP contribution in [0.4, 0.5) is 10.1 Å². The Kier molecular flexibility index (Phi) is 4.48. The summed E-state index contributed by atoms with van der Waals surface area (Å²) in [5.41, 5.74) is 10.3. The van der Waals surface area contributed by atoms with E-state index in [2.05, 4.69) is 4.72 Å². The first kappa shape index (κ1) is 15.7. The van der Waals surface area contributed by atoms with Crippen LogP contribution >= 0.6 is 0 Å². The molecule has 1 aliphatic rings. The van der Waals surface area contributed by atoms with Gasteiger partial charge in [0, 0.05) is 12.0 Å². The average Bonchev–Trinajstić information content (AvgIpc) is 2.41. The quantitative estimate of drug-likeness (QED) is 0.710. The number of primary amides is 1. The van der Waals surface area contributed by atoms with E-state index in [9.17, 15) is 17.6 Å². The summed E-state index contributed by atoms with van der Waals surface area (Å²) in [5.74, 6) is -1.33. The number of benzene rings is 1. The van der Waals surface area contributed by atoms with Gasteiger partial charge in [-0.15, -0.1) is 0 Å². The molecule has 0 aromatic heterocycles.